The minimum Gasteiger partial charge on any atom is -0.326 e. The molecule has 1 aliphatic rings. The summed E-state index contributed by atoms with van der Waals surface area (Å²) in [7, 11) is 0. The van der Waals surface area contributed by atoms with Gasteiger partial charge in [-0.2, -0.15) is 0 Å². The number of fused-ring (bicyclic) bond motifs is 1. The van der Waals surface area contributed by atoms with E-state index in [4.69, 9.17) is 0 Å². The molecule has 28 heavy (non-hydrogen) atoms. The van der Waals surface area contributed by atoms with Gasteiger partial charge in [-0.05, 0) is 42.7 Å². The Kier molecular flexibility index (Phi) is 5.49. The number of nitrogens with one attached hydrogen (secondary N) is 1. The average molecular weight is 375 g/mol. The van der Waals surface area contributed by atoms with Gasteiger partial charge in [-0.25, -0.2) is 4.39 Å². The predicted octanol–water partition coefficient (Wildman–Crippen LogP) is 4.15. The lowest BCUT2D eigenvalue weighted by atomic mass is 9.87. The highest BCUT2D eigenvalue weighted by Gasteiger charge is 2.31. The van der Waals surface area contributed by atoms with E-state index in [1.165, 1.54) is 23.3 Å². The van der Waals surface area contributed by atoms with E-state index in [0.29, 0.717) is 5.69 Å². The fourth-order valence-corrected chi connectivity index (χ4v) is 3.99. The van der Waals surface area contributed by atoms with E-state index in [1.807, 2.05) is 30.3 Å². The maximum absolute atomic E-state index is 13.2. The zero-order valence-electron chi connectivity index (χ0n) is 15.6. The summed E-state index contributed by atoms with van der Waals surface area (Å²) in [6.07, 6.45) is 3.27. The molecule has 0 saturated heterocycles. The highest BCUT2D eigenvalue weighted by molar-refractivity contribution is 5.94. The monoisotopic (exact) mass is 375 g/mol. The number of rotatable bonds is 5. The third-order valence-corrected chi connectivity index (χ3v) is 5.39. The molecular formula is C24H24FN2O+. The number of nitrogens with two attached hydrogens (primary N) is 1. The standard InChI is InChI=1S/C24H23FN2O/c25-19-13-15-20(16-14-19)26-24(28)23(18-8-2-1-3-9-18)27-22-12-6-10-17-7-4-5-11-21(17)22/h1-5,7-9,11,13-16,22-23,27H,6,10,12H2,(H,26,28)/p+1/t22-,23-/m0/s1. The van der Waals surface area contributed by atoms with Crippen LogP contribution in [-0.4, -0.2) is 5.91 Å². The molecule has 4 rings (SSSR count). The number of hydrogen-bond donors (Lipinski definition) is 2. The number of carbonyl (C=O) groups excluding carboxylic acids is 1. The lowest BCUT2D eigenvalue weighted by Gasteiger charge is -2.27. The van der Waals surface area contributed by atoms with E-state index >= 15 is 0 Å². The fraction of sp³-hybridized carbons (Fsp3) is 0.208. The van der Waals surface area contributed by atoms with Gasteiger partial charge in [0.1, 0.15) is 11.9 Å². The van der Waals surface area contributed by atoms with Crippen LogP contribution < -0.4 is 10.6 Å². The number of halogens is 1. The van der Waals surface area contributed by atoms with Gasteiger partial charge in [-0.1, -0.05) is 54.6 Å². The zero-order chi connectivity index (χ0) is 19.3. The lowest BCUT2D eigenvalue weighted by Crippen LogP contribution is -2.88. The number of amides is 1. The van der Waals surface area contributed by atoms with Gasteiger partial charge in [0.15, 0.2) is 6.04 Å². The summed E-state index contributed by atoms with van der Waals surface area (Å²) in [6, 6.07) is 24.1. The number of aryl methyl sites for hydroxylation is 1. The number of anilines is 1. The Morgan fingerprint density at radius 1 is 0.964 bits per heavy atom. The minimum absolute atomic E-state index is 0.0964. The summed E-state index contributed by atoms with van der Waals surface area (Å²) < 4.78 is 13.2. The molecule has 3 nitrogen and oxygen atoms in total. The van der Waals surface area contributed by atoms with Crippen molar-refractivity contribution in [3.05, 3.63) is 101 Å². The van der Waals surface area contributed by atoms with Crippen molar-refractivity contribution in [1.29, 1.82) is 0 Å². The van der Waals surface area contributed by atoms with Gasteiger partial charge in [0.2, 0.25) is 0 Å². The molecule has 142 valence electrons. The first-order valence-corrected chi connectivity index (χ1v) is 9.75. The molecule has 0 radical (unpaired) electrons. The van der Waals surface area contributed by atoms with Crippen molar-refractivity contribution in [2.45, 2.75) is 31.3 Å². The molecule has 0 spiro atoms. The summed E-state index contributed by atoms with van der Waals surface area (Å²) in [4.78, 5) is 13.1. The molecule has 4 heteroatoms. The topological polar surface area (TPSA) is 45.7 Å². The van der Waals surface area contributed by atoms with Gasteiger partial charge >= 0.3 is 0 Å². The molecule has 1 aliphatic carbocycles. The predicted molar refractivity (Wildman–Crippen MR) is 108 cm³/mol. The van der Waals surface area contributed by atoms with Crippen LogP contribution in [0.2, 0.25) is 0 Å². The zero-order valence-corrected chi connectivity index (χ0v) is 15.6. The number of carbonyl (C=O) groups is 1. The lowest BCUT2D eigenvalue weighted by molar-refractivity contribution is -0.723. The van der Waals surface area contributed by atoms with Crippen LogP contribution in [0, 0.1) is 5.82 Å². The Bertz CT molecular complexity index is 940. The maximum Gasteiger partial charge on any atom is 0.287 e. The van der Waals surface area contributed by atoms with Crippen molar-refractivity contribution in [1.82, 2.24) is 0 Å². The third-order valence-electron chi connectivity index (χ3n) is 5.39. The molecular weight excluding hydrogens is 351 g/mol. The first kappa shape index (κ1) is 18.4. The molecule has 1 amide bonds. The Hall–Kier alpha value is -2.98. The van der Waals surface area contributed by atoms with Gasteiger partial charge in [0.25, 0.3) is 5.91 Å². The Balaban J connectivity index is 1.60. The molecule has 0 unspecified atom stereocenters. The van der Waals surface area contributed by atoms with Crippen LogP contribution in [0.15, 0.2) is 78.9 Å². The quantitative estimate of drug-likeness (QED) is 0.691. The van der Waals surface area contributed by atoms with Crippen LogP contribution in [-0.2, 0) is 11.2 Å². The van der Waals surface area contributed by atoms with Gasteiger partial charge in [-0.15, -0.1) is 0 Å². The van der Waals surface area contributed by atoms with E-state index in [0.717, 1.165) is 24.8 Å². The van der Waals surface area contributed by atoms with Gasteiger partial charge in [0, 0.05) is 23.2 Å². The Morgan fingerprint density at radius 2 is 1.68 bits per heavy atom. The first-order chi connectivity index (χ1) is 13.7. The fourth-order valence-electron chi connectivity index (χ4n) is 3.99. The number of hydrogen-bond acceptors (Lipinski definition) is 1. The Labute approximate surface area is 164 Å². The van der Waals surface area contributed by atoms with E-state index in [2.05, 4.69) is 34.9 Å². The normalized spacial score (nSPS) is 16.8. The molecule has 3 N–H and O–H groups in total. The van der Waals surface area contributed by atoms with Crippen LogP contribution in [0.4, 0.5) is 10.1 Å². The molecule has 2 atom stereocenters. The summed E-state index contributed by atoms with van der Waals surface area (Å²) >= 11 is 0. The summed E-state index contributed by atoms with van der Waals surface area (Å²) in [5.74, 6) is -0.413. The molecule has 0 bridgehead atoms. The van der Waals surface area contributed by atoms with Crippen molar-refractivity contribution >= 4 is 11.6 Å². The van der Waals surface area contributed by atoms with Gasteiger partial charge < -0.3 is 10.6 Å². The van der Waals surface area contributed by atoms with Crippen LogP contribution in [0.1, 0.15) is 41.6 Å². The number of benzene rings is 3. The van der Waals surface area contributed by atoms with E-state index in [9.17, 15) is 9.18 Å². The molecule has 3 aromatic rings. The summed E-state index contributed by atoms with van der Waals surface area (Å²) in [6.45, 7) is 0. The van der Waals surface area contributed by atoms with Crippen molar-refractivity contribution in [2.75, 3.05) is 5.32 Å². The SMILES string of the molecule is O=C(Nc1ccc(F)cc1)[C@@H]([NH2+][C@H]1CCCc2ccccc21)c1ccccc1. The first-order valence-electron chi connectivity index (χ1n) is 9.75. The van der Waals surface area contributed by atoms with Crippen molar-refractivity contribution in [3.8, 4) is 0 Å². The molecule has 3 aromatic carbocycles. The average Bonchev–Trinajstić information content (AvgIpc) is 2.74. The molecule has 0 fully saturated rings. The minimum atomic E-state index is -0.373. The maximum atomic E-state index is 13.2. The van der Waals surface area contributed by atoms with E-state index < -0.39 is 0 Å². The van der Waals surface area contributed by atoms with Crippen LogP contribution in [0.25, 0.3) is 0 Å². The summed E-state index contributed by atoms with van der Waals surface area (Å²) in [5.41, 5.74) is 4.26. The summed E-state index contributed by atoms with van der Waals surface area (Å²) in [5, 5.41) is 5.12. The highest BCUT2D eigenvalue weighted by Crippen LogP contribution is 2.28. The van der Waals surface area contributed by atoms with Crippen LogP contribution in [0.5, 0.6) is 0 Å². The van der Waals surface area contributed by atoms with E-state index in [1.54, 1.807) is 12.1 Å². The second-order valence-corrected chi connectivity index (χ2v) is 7.27. The second-order valence-electron chi connectivity index (χ2n) is 7.27. The van der Waals surface area contributed by atoms with E-state index in [-0.39, 0.29) is 23.8 Å². The smallest absolute Gasteiger partial charge is 0.287 e. The second kappa shape index (κ2) is 8.36. The van der Waals surface area contributed by atoms with Crippen molar-refractivity contribution in [3.63, 3.8) is 0 Å². The van der Waals surface area contributed by atoms with Gasteiger partial charge in [-0.3, -0.25) is 4.79 Å². The molecule has 0 saturated carbocycles. The van der Waals surface area contributed by atoms with Crippen LogP contribution >= 0.6 is 0 Å². The highest BCUT2D eigenvalue weighted by atomic mass is 19.1. The van der Waals surface area contributed by atoms with Crippen LogP contribution in [0.3, 0.4) is 0 Å². The number of quaternary nitrogens is 1. The largest absolute Gasteiger partial charge is 0.326 e. The van der Waals surface area contributed by atoms with Gasteiger partial charge in [0.05, 0.1) is 0 Å². The van der Waals surface area contributed by atoms with Crippen molar-refractivity contribution < 1.29 is 14.5 Å². The third kappa shape index (κ3) is 4.12. The molecule has 0 aromatic heterocycles. The van der Waals surface area contributed by atoms with Crippen molar-refractivity contribution in [2.24, 2.45) is 0 Å². The molecule has 0 heterocycles. The molecule has 0 aliphatic heterocycles. The Morgan fingerprint density at radius 3 is 2.46 bits per heavy atom.